The lowest BCUT2D eigenvalue weighted by Crippen LogP contribution is -2.47. The molecule has 4 heteroatoms. The molecule has 1 fully saturated rings. The van der Waals surface area contributed by atoms with E-state index in [2.05, 4.69) is 18.8 Å². The van der Waals surface area contributed by atoms with Crippen LogP contribution in [0.4, 0.5) is 0 Å². The lowest BCUT2D eigenvalue weighted by Gasteiger charge is -2.39. The maximum atomic E-state index is 13.0. The largest absolute Gasteiger partial charge is 0.333 e. The van der Waals surface area contributed by atoms with E-state index in [9.17, 15) is 4.79 Å². The van der Waals surface area contributed by atoms with Gasteiger partial charge in [0, 0.05) is 17.5 Å². The van der Waals surface area contributed by atoms with Gasteiger partial charge in [-0.15, -0.1) is 0 Å². The van der Waals surface area contributed by atoms with E-state index in [4.69, 9.17) is 11.6 Å². The van der Waals surface area contributed by atoms with Crippen LogP contribution in [0.5, 0.6) is 0 Å². The summed E-state index contributed by atoms with van der Waals surface area (Å²) in [7, 11) is 0. The molecule has 2 aromatic rings. The minimum absolute atomic E-state index is 0.0650. The highest BCUT2D eigenvalue weighted by Gasteiger charge is 2.30. The first-order valence-electron chi connectivity index (χ1n) is 7.46. The van der Waals surface area contributed by atoms with Crippen LogP contribution in [0.3, 0.4) is 0 Å². The second-order valence-corrected chi connectivity index (χ2v) is 6.24. The summed E-state index contributed by atoms with van der Waals surface area (Å²) in [5.74, 6) is 0.0650. The fraction of sp³-hybridized carbons (Fsp3) is 0.412. The summed E-state index contributed by atoms with van der Waals surface area (Å²) >= 11 is 6.10. The summed E-state index contributed by atoms with van der Waals surface area (Å²) < 4.78 is 0. The van der Waals surface area contributed by atoms with Crippen molar-refractivity contribution in [1.29, 1.82) is 0 Å². The number of nitrogens with zero attached hydrogens (tertiary/aromatic N) is 2. The van der Waals surface area contributed by atoms with Gasteiger partial charge >= 0.3 is 0 Å². The number of likely N-dealkylation sites (tertiary alicyclic amines) is 1. The maximum Gasteiger partial charge on any atom is 0.255 e. The van der Waals surface area contributed by atoms with Crippen LogP contribution in [-0.2, 0) is 0 Å². The van der Waals surface area contributed by atoms with Crippen molar-refractivity contribution in [2.75, 3.05) is 0 Å². The topological polar surface area (TPSA) is 33.2 Å². The lowest BCUT2D eigenvalue weighted by molar-refractivity contribution is 0.0513. The fourth-order valence-electron chi connectivity index (χ4n) is 3.28. The van der Waals surface area contributed by atoms with Gasteiger partial charge in [0.2, 0.25) is 0 Å². The monoisotopic (exact) mass is 302 g/mol. The number of amides is 1. The number of halogens is 1. The Morgan fingerprint density at radius 3 is 2.62 bits per heavy atom. The summed E-state index contributed by atoms with van der Waals surface area (Å²) in [5.41, 5.74) is 1.43. The number of hydrogen-bond acceptors (Lipinski definition) is 2. The normalized spacial score (nSPS) is 22.5. The van der Waals surface area contributed by atoms with Crippen molar-refractivity contribution in [2.24, 2.45) is 0 Å². The van der Waals surface area contributed by atoms with Crippen molar-refractivity contribution < 1.29 is 4.79 Å². The maximum absolute atomic E-state index is 13.0. The van der Waals surface area contributed by atoms with Gasteiger partial charge in [0.1, 0.15) is 5.15 Å². The highest BCUT2D eigenvalue weighted by molar-refractivity contribution is 6.30. The molecular formula is C17H19ClN2O. The molecule has 0 spiro atoms. The first kappa shape index (κ1) is 14.3. The molecule has 110 valence electrons. The quantitative estimate of drug-likeness (QED) is 0.736. The van der Waals surface area contributed by atoms with Crippen LogP contribution in [0.1, 0.15) is 43.5 Å². The van der Waals surface area contributed by atoms with E-state index in [1.54, 1.807) is 6.07 Å². The molecule has 0 saturated carbocycles. The minimum Gasteiger partial charge on any atom is -0.333 e. The predicted octanol–water partition coefficient (Wildman–Crippen LogP) is 4.29. The van der Waals surface area contributed by atoms with Gasteiger partial charge in [-0.3, -0.25) is 4.79 Å². The zero-order valence-corrected chi connectivity index (χ0v) is 13.1. The fourth-order valence-corrected chi connectivity index (χ4v) is 3.48. The summed E-state index contributed by atoms with van der Waals surface area (Å²) in [6, 6.07) is 9.90. The Morgan fingerprint density at radius 2 is 1.90 bits per heavy atom. The van der Waals surface area contributed by atoms with Gasteiger partial charge < -0.3 is 4.90 Å². The molecule has 1 aliphatic heterocycles. The molecule has 1 saturated heterocycles. The second kappa shape index (κ2) is 5.64. The van der Waals surface area contributed by atoms with Gasteiger partial charge in [-0.05, 0) is 45.2 Å². The van der Waals surface area contributed by atoms with E-state index in [0.29, 0.717) is 10.7 Å². The number of para-hydroxylation sites is 1. The van der Waals surface area contributed by atoms with Crippen molar-refractivity contribution in [3.63, 3.8) is 0 Å². The van der Waals surface area contributed by atoms with Gasteiger partial charge in [-0.2, -0.15) is 0 Å². The van der Waals surface area contributed by atoms with Crippen LogP contribution >= 0.6 is 11.6 Å². The molecular weight excluding hydrogens is 284 g/mol. The van der Waals surface area contributed by atoms with E-state index in [1.807, 2.05) is 29.2 Å². The number of hydrogen-bond donors (Lipinski definition) is 0. The molecule has 0 radical (unpaired) electrons. The van der Waals surface area contributed by atoms with Crippen LogP contribution in [0.15, 0.2) is 30.3 Å². The van der Waals surface area contributed by atoms with Crippen LogP contribution in [0, 0.1) is 0 Å². The Labute approximate surface area is 129 Å². The number of pyridine rings is 1. The highest BCUT2D eigenvalue weighted by Crippen LogP contribution is 2.28. The summed E-state index contributed by atoms with van der Waals surface area (Å²) in [5, 5.41) is 1.24. The number of rotatable bonds is 1. The predicted molar refractivity (Wildman–Crippen MR) is 85.7 cm³/mol. The number of carbonyl (C=O) groups is 1. The van der Waals surface area contributed by atoms with Crippen LogP contribution in [0.2, 0.25) is 5.15 Å². The zero-order valence-electron chi connectivity index (χ0n) is 12.3. The van der Waals surface area contributed by atoms with E-state index < -0.39 is 0 Å². The average molecular weight is 303 g/mol. The molecule has 3 nitrogen and oxygen atoms in total. The smallest absolute Gasteiger partial charge is 0.255 e. The molecule has 2 unspecified atom stereocenters. The SMILES string of the molecule is CC1CCCC(C)N1C(=O)c1cc(Cl)nc2ccccc12. The van der Waals surface area contributed by atoms with Crippen molar-refractivity contribution in [3.8, 4) is 0 Å². The second-order valence-electron chi connectivity index (χ2n) is 5.85. The molecule has 2 heterocycles. The van der Waals surface area contributed by atoms with Gasteiger partial charge in [0.25, 0.3) is 5.91 Å². The molecule has 1 aromatic heterocycles. The van der Waals surface area contributed by atoms with Gasteiger partial charge in [-0.25, -0.2) is 4.98 Å². The number of benzene rings is 1. The molecule has 0 bridgehead atoms. The Bertz CT molecular complexity index is 676. The van der Waals surface area contributed by atoms with E-state index in [0.717, 1.165) is 23.7 Å². The molecule has 1 aliphatic rings. The van der Waals surface area contributed by atoms with Crippen molar-refractivity contribution in [3.05, 3.63) is 41.0 Å². The number of aromatic nitrogens is 1. The Hall–Kier alpha value is -1.61. The Morgan fingerprint density at radius 1 is 1.24 bits per heavy atom. The van der Waals surface area contributed by atoms with Crippen LogP contribution < -0.4 is 0 Å². The standard InChI is InChI=1S/C17H19ClN2O/c1-11-6-5-7-12(2)20(11)17(21)14-10-16(18)19-15-9-4-3-8-13(14)15/h3-4,8-12H,5-7H2,1-2H3. The molecule has 1 aromatic carbocycles. The van der Waals surface area contributed by atoms with Crippen LogP contribution in [-0.4, -0.2) is 27.9 Å². The lowest BCUT2D eigenvalue weighted by atomic mass is 9.96. The molecule has 0 N–H and O–H groups in total. The van der Waals surface area contributed by atoms with E-state index >= 15 is 0 Å². The molecule has 2 atom stereocenters. The van der Waals surface area contributed by atoms with Crippen molar-refractivity contribution in [1.82, 2.24) is 9.88 Å². The Kier molecular flexibility index (Phi) is 3.85. The number of fused-ring (bicyclic) bond motifs is 1. The number of piperidine rings is 1. The molecule has 1 amide bonds. The van der Waals surface area contributed by atoms with Gasteiger partial charge in [0.15, 0.2) is 0 Å². The third-order valence-corrected chi connectivity index (χ3v) is 4.54. The van der Waals surface area contributed by atoms with Gasteiger partial charge in [-0.1, -0.05) is 29.8 Å². The van der Waals surface area contributed by atoms with E-state index in [-0.39, 0.29) is 18.0 Å². The number of carbonyl (C=O) groups excluding carboxylic acids is 1. The van der Waals surface area contributed by atoms with Crippen molar-refractivity contribution in [2.45, 2.75) is 45.2 Å². The average Bonchev–Trinajstić information content (AvgIpc) is 2.46. The van der Waals surface area contributed by atoms with Crippen LogP contribution in [0.25, 0.3) is 10.9 Å². The van der Waals surface area contributed by atoms with Gasteiger partial charge in [0.05, 0.1) is 11.1 Å². The highest BCUT2D eigenvalue weighted by atomic mass is 35.5. The third-order valence-electron chi connectivity index (χ3n) is 4.34. The molecule has 3 rings (SSSR count). The van der Waals surface area contributed by atoms with Crippen molar-refractivity contribution >= 4 is 28.4 Å². The van der Waals surface area contributed by atoms with E-state index in [1.165, 1.54) is 6.42 Å². The first-order valence-corrected chi connectivity index (χ1v) is 7.83. The third kappa shape index (κ3) is 2.62. The Balaban J connectivity index is 2.09. The first-order chi connectivity index (χ1) is 10.1. The zero-order chi connectivity index (χ0) is 15.0. The molecule has 21 heavy (non-hydrogen) atoms. The molecule has 0 aliphatic carbocycles. The summed E-state index contributed by atoms with van der Waals surface area (Å²) in [6.45, 7) is 4.25. The summed E-state index contributed by atoms with van der Waals surface area (Å²) in [6.07, 6.45) is 3.31. The minimum atomic E-state index is 0.0650. The summed E-state index contributed by atoms with van der Waals surface area (Å²) in [4.78, 5) is 19.3.